The van der Waals surface area contributed by atoms with Crippen molar-refractivity contribution in [3.05, 3.63) is 64.5 Å². The van der Waals surface area contributed by atoms with Crippen molar-refractivity contribution in [2.45, 2.75) is 23.8 Å². The first kappa shape index (κ1) is 19.0. The lowest BCUT2D eigenvalue weighted by atomic mass is 10.1. The number of nitrogens with zero attached hydrogens (tertiary/aromatic N) is 3. The molecule has 2 aromatic rings. The van der Waals surface area contributed by atoms with Crippen molar-refractivity contribution in [1.29, 1.82) is 0 Å². The van der Waals surface area contributed by atoms with Gasteiger partial charge in [0.25, 0.3) is 5.69 Å². The van der Waals surface area contributed by atoms with Crippen LogP contribution in [0.5, 0.6) is 0 Å². The summed E-state index contributed by atoms with van der Waals surface area (Å²) in [7, 11) is -2.29. The molecule has 0 saturated heterocycles. The van der Waals surface area contributed by atoms with E-state index in [2.05, 4.69) is 4.98 Å². The largest absolute Gasteiger partial charge is 0.388 e. The van der Waals surface area contributed by atoms with Crippen LogP contribution in [0.1, 0.15) is 24.5 Å². The van der Waals surface area contributed by atoms with Gasteiger partial charge in [-0.2, -0.15) is 0 Å². The highest BCUT2D eigenvalue weighted by Crippen LogP contribution is 2.21. The predicted octanol–water partition coefficient (Wildman–Crippen LogP) is 2.12. The van der Waals surface area contributed by atoms with Gasteiger partial charge in [-0.3, -0.25) is 15.1 Å². The summed E-state index contributed by atoms with van der Waals surface area (Å²) in [5.41, 5.74) is 0.518. The molecule has 1 heterocycles. The minimum Gasteiger partial charge on any atom is -0.388 e. The molecule has 9 heteroatoms. The number of non-ortho nitro benzene ring substituents is 1. The second-order valence-electron chi connectivity index (χ2n) is 5.52. The van der Waals surface area contributed by atoms with Gasteiger partial charge in [0.15, 0.2) is 0 Å². The van der Waals surface area contributed by atoms with Crippen LogP contribution in [0, 0.1) is 10.1 Å². The first-order valence-corrected chi connectivity index (χ1v) is 9.05. The normalized spacial score (nSPS) is 12.9. The minimum atomic E-state index is -3.73. The van der Waals surface area contributed by atoms with Gasteiger partial charge in [-0.25, -0.2) is 12.7 Å². The lowest BCUT2D eigenvalue weighted by Gasteiger charge is -2.18. The molecule has 1 atom stereocenters. The number of aliphatic hydroxyl groups is 1. The van der Waals surface area contributed by atoms with Crippen molar-refractivity contribution in [3.63, 3.8) is 0 Å². The van der Waals surface area contributed by atoms with E-state index in [1.165, 1.54) is 23.5 Å². The third-order valence-corrected chi connectivity index (χ3v) is 5.65. The zero-order valence-corrected chi connectivity index (χ0v) is 14.5. The molecule has 0 aliphatic rings. The molecule has 0 saturated carbocycles. The summed E-state index contributed by atoms with van der Waals surface area (Å²) >= 11 is 0. The molecular weight excluding hydrogens is 346 g/mol. The molecule has 1 unspecified atom stereocenters. The molecule has 0 spiro atoms. The maximum atomic E-state index is 12.4. The van der Waals surface area contributed by atoms with Crippen LogP contribution in [0.25, 0.3) is 0 Å². The highest BCUT2D eigenvalue weighted by molar-refractivity contribution is 7.89. The number of pyridine rings is 1. The molecule has 0 amide bonds. The van der Waals surface area contributed by atoms with Gasteiger partial charge in [0.2, 0.25) is 10.0 Å². The van der Waals surface area contributed by atoms with Crippen LogP contribution in [0.3, 0.4) is 0 Å². The number of nitro benzene ring substituents is 1. The van der Waals surface area contributed by atoms with Gasteiger partial charge in [0.05, 0.1) is 15.9 Å². The fourth-order valence-corrected chi connectivity index (χ4v) is 3.50. The third kappa shape index (κ3) is 4.81. The molecular formula is C16H19N3O5S. The van der Waals surface area contributed by atoms with E-state index < -0.39 is 21.1 Å². The minimum absolute atomic E-state index is 0.00610. The van der Waals surface area contributed by atoms with Gasteiger partial charge in [0.1, 0.15) is 0 Å². The Labute approximate surface area is 146 Å². The Bertz CT molecular complexity index is 809. The molecule has 1 aromatic heterocycles. The predicted molar refractivity (Wildman–Crippen MR) is 91.3 cm³/mol. The van der Waals surface area contributed by atoms with E-state index in [-0.39, 0.29) is 17.1 Å². The monoisotopic (exact) mass is 365 g/mol. The van der Waals surface area contributed by atoms with Crippen LogP contribution in [0.4, 0.5) is 5.69 Å². The van der Waals surface area contributed by atoms with Crippen LogP contribution in [0.2, 0.25) is 0 Å². The zero-order valence-electron chi connectivity index (χ0n) is 13.6. The number of hydrogen-bond donors (Lipinski definition) is 1. The average molecular weight is 365 g/mol. The van der Waals surface area contributed by atoms with E-state index >= 15 is 0 Å². The molecule has 0 fully saturated rings. The first-order chi connectivity index (χ1) is 11.8. The number of sulfonamides is 1. The number of benzene rings is 1. The van der Waals surface area contributed by atoms with Crippen molar-refractivity contribution in [2.24, 2.45) is 0 Å². The van der Waals surface area contributed by atoms with E-state index in [0.29, 0.717) is 18.4 Å². The topological polar surface area (TPSA) is 114 Å². The molecule has 0 bridgehead atoms. The quantitative estimate of drug-likeness (QED) is 0.566. The van der Waals surface area contributed by atoms with Crippen molar-refractivity contribution >= 4 is 15.7 Å². The number of nitro groups is 1. The third-order valence-electron chi connectivity index (χ3n) is 3.78. The van der Waals surface area contributed by atoms with Crippen LogP contribution in [-0.2, 0) is 10.0 Å². The standard InChI is InChI=1S/C16H19N3O5S/c1-18(11-3-5-16(20)13-4-2-10-17-12-13)25(23,24)15-8-6-14(7-9-15)19(21)22/h2,4,6-10,12,16,20H,3,5,11H2,1H3. The SMILES string of the molecule is CN(CCCC(O)c1cccnc1)S(=O)(=O)c1ccc([N+](=O)[O-])cc1. The number of hydrogen-bond acceptors (Lipinski definition) is 6. The van der Waals surface area contributed by atoms with E-state index in [1.807, 2.05) is 0 Å². The summed E-state index contributed by atoms with van der Waals surface area (Å²) in [6.07, 6.45) is 3.33. The highest BCUT2D eigenvalue weighted by atomic mass is 32.2. The van der Waals surface area contributed by atoms with Gasteiger partial charge >= 0.3 is 0 Å². The highest BCUT2D eigenvalue weighted by Gasteiger charge is 2.21. The average Bonchev–Trinajstić information content (AvgIpc) is 2.62. The summed E-state index contributed by atoms with van der Waals surface area (Å²) in [5, 5.41) is 20.7. The van der Waals surface area contributed by atoms with Gasteiger partial charge in [-0.15, -0.1) is 0 Å². The van der Waals surface area contributed by atoms with Crippen molar-refractivity contribution in [2.75, 3.05) is 13.6 Å². The Morgan fingerprint density at radius 2 is 1.96 bits per heavy atom. The molecule has 0 aliphatic carbocycles. The Morgan fingerprint density at radius 1 is 1.28 bits per heavy atom. The summed E-state index contributed by atoms with van der Waals surface area (Å²) in [5.74, 6) is 0. The Hall–Kier alpha value is -2.36. The molecule has 1 N–H and O–H groups in total. The van der Waals surface area contributed by atoms with Crippen LogP contribution in [-0.4, -0.2) is 41.3 Å². The number of aromatic nitrogens is 1. The first-order valence-electron chi connectivity index (χ1n) is 7.61. The maximum Gasteiger partial charge on any atom is 0.269 e. The van der Waals surface area contributed by atoms with Gasteiger partial charge in [-0.05, 0) is 36.6 Å². The van der Waals surface area contributed by atoms with Crippen LogP contribution < -0.4 is 0 Å². The van der Waals surface area contributed by atoms with Crippen molar-refractivity contribution < 1.29 is 18.4 Å². The molecule has 1 aromatic carbocycles. The summed E-state index contributed by atoms with van der Waals surface area (Å²) in [6.45, 7) is 0.219. The van der Waals surface area contributed by atoms with Crippen molar-refractivity contribution in [1.82, 2.24) is 9.29 Å². The lowest BCUT2D eigenvalue weighted by molar-refractivity contribution is -0.384. The van der Waals surface area contributed by atoms with Gasteiger partial charge < -0.3 is 5.11 Å². The lowest BCUT2D eigenvalue weighted by Crippen LogP contribution is -2.28. The maximum absolute atomic E-state index is 12.4. The van der Waals surface area contributed by atoms with E-state index in [1.54, 1.807) is 24.5 Å². The Balaban J connectivity index is 1.94. The molecule has 134 valence electrons. The number of aliphatic hydroxyl groups excluding tert-OH is 1. The van der Waals surface area contributed by atoms with Crippen LogP contribution >= 0.6 is 0 Å². The van der Waals surface area contributed by atoms with Crippen LogP contribution in [0.15, 0.2) is 53.7 Å². The summed E-state index contributed by atoms with van der Waals surface area (Å²) in [4.78, 5) is 14.0. The number of rotatable bonds is 8. The Kier molecular flexibility index (Phi) is 6.18. The van der Waals surface area contributed by atoms with Crippen molar-refractivity contribution in [3.8, 4) is 0 Å². The second kappa shape index (κ2) is 8.15. The summed E-state index contributed by atoms with van der Waals surface area (Å²) in [6, 6.07) is 8.24. The van der Waals surface area contributed by atoms with Gasteiger partial charge in [-0.1, -0.05) is 6.07 Å². The summed E-state index contributed by atoms with van der Waals surface area (Å²) < 4.78 is 26.1. The second-order valence-corrected chi connectivity index (χ2v) is 7.57. The molecule has 2 rings (SSSR count). The molecule has 0 radical (unpaired) electrons. The zero-order chi connectivity index (χ0) is 18.4. The smallest absolute Gasteiger partial charge is 0.269 e. The van der Waals surface area contributed by atoms with E-state index in [9.17, 15) is 23.6 Å². The Morgan fingerprint density at radius 3 is 2.52 bits per heavy atom. The molecule has 0 aliphatic heterocycles. The van der Waals surface area contributed by atoms with E-state index in [4.69, 9.17) is 0 Å². The fourth-order valence-electron chi connectivity index (χ4n) is 2.29. The fraction of sp³-hybridized carbons (Fsp3) is 0.312. The molecule has 8 nitrogen and oxygen atoms in total. The van der Waals surface area contributed by atoms with Gasteiger partial charge in [0, 0.05) is 38.1 Å². The molecule has 25 heavy (non-hydrogen) atoms. The van der Waals surface area contributed by atoms with E-state index in [0.717, 1.165) is 12.1 Å².